The van der Waals surface area contributed by atoms with Crippen LogP contribution in [0.5, 0.6) is 0 Å². The lowest BCUT2D eigenvalue weighted by Gasteiger charge is -2.12. The first-order valence-corrected chi connectivity index (χ1v) is 6.63. The van der Waals surface area contributed by atoms with E-state index in [0.717, 1.165) is 0 Å². The number of rotatable bonds is 4. The molecule has 0 saturated heterocycles. The van der Waals surface area contributed by atoms with Crippen molar-refractivity contribution in [3.8, 4) is 0 Å². The summed E-state index contributed by atoms with van der Waals surface area (Å²) in [5, 5.41) is 0. The molecule has 0 spiro atoms. The summed E-state index contributed by atoms with van der Waals surface area (Å²) >= 11 is 0. The summed E-state index contributed by atoms with van der Waals surface area (Å²) < 4.78 is 39.5. The van der Waals surface area contributed by atoms with Gasteiger partial charge in [0.15, 0.2) is 0 Å². The summed E-state index contributed by atoms with van der Waals surface area (Å²) in [7, 11) is -3.61. The van der Waals surface area contributed by atoms with Crippen molar-refractivity contribution in [3.63, 3.8) is 0 Å². The van der Waals surface area contributed by atoms with Crippen molar-refractivity contribution < 1.29 is 12.8 Å². The molecule has 3 nitrogen and oxygen atoms in total. The lowest BCUT2D eigenvalue weighted by Crippen LogP contribution is -2.26. The Balaban J connectivity index is 3.20. The highest BCUT2D eigenvalue weighted by Gasteiger charge is 2.19. The molecule has 0 aliphatic heterocycles. The summed E-state index contributed by atoms with van der Waals surface area (Å²) in [6, 6.07) is 2.42. The second-order valence-corrected chi connectivity index (χ2v) is 5.85. The number of hydrogen-bond donors (Lipinski definition) is 1. The molecule has 94 valence electrons. The third-order valence-corrected chi connectivity index (χ3v) is 3.96. The van der Waals surface area contributed by atoms with E-state index in [-0.39, 0.29) is 11.4 Å². The van der Waals surface area contributed by atoms with Crippen LogP contribution >= 0.6 is 0 Å². The van der Waals surface area contributed by atoms with E-state index in [1.54, 1.807) is 20.8 Å². The molecule has 0 bridgehead atoms. The van der Waals surface area contributed by atoms with Crippen LogP contribution in [0.1, 0.15) is 18.1 Å². The highest BCUT2D eigenvalue weighted by atomic mass is 32.2. The molecule has 0 fully saturated rings. The number of halogens is 1. The summed E-state index contributed by atoms with van der Waals surface area (Å²) in [6.07, 6.45) is 0. The van der Waals surface area contributed by atoms with Crippen molar-refractivity contribution >= 4 is 10.0 Å². The molecule has 0 radical (unpaired) electrons. The first kappa shape index (κ1) is 13.9. The molecule has 1 rings (SSSR count). The van der Waals surface area contributed by atoms with Gasteiger partial charge in [0, 0.05) is 6.54 Å². The van der Waals surface area contributed by atoms with Gasteiger partial charge in [0.25, 0.3) is 0 Å². The minimum Gasteiger partial charge on any atom is -0.207 e. The average molecular weight is 257 g/mol. The van der Waals surface area contributed by atoms with Crippen molar-refractivity contribution in [2.45, 2.75) is 25.7 Å². The van der Waals surface area contributed by atoms with Crippen LogP contribution in [-0.2, 0) is 10.0 Å². The highest BCUT2D eigenvalue weighted by molar-refractivity contribution is 7.89. The minimum absolute atomic E-state index is 0.139. The fourth-order valence-electron chi connectivity index (χ4n) is 1.61. The topological polar surface area (TPSA) is 46.2 Å². The number of sulfonamides is 1. The van der Waals surface area contributed by atoms with Gasteiger partial charge >= 0.3 is 0 Å². The Kier molecular flexibility index (Phi) is 4.06. The summed E-state index contributed by atoms with van der Waals surface area (Å²) in [6.45, 7) is 8.68. The van der Waals surface area contributed by atoms with Crippen LogP contribution in [0.3, 0.4) is 0 Å². The summed E-state index contributed by atoms with van der Waals surface area (Å²) in [5.74, 6) is -0.432. The standard InChI is InChI=1S/C12H16FNO2S/c1-8(2)7-14-17(15,16)12-9(3)5-11(13)6-10(12)4/h5-6,14H,1,7H2,2-4H3. The second kappa shape index (κ2) is 4.98. The van der Waals surface area contributed by atoms with E-state index in [0.29, 0.717) is 16.7 Å². The van der Waals surface area contributed by atoms with Crippen LogP contribution in [-0.4, -0.2) is 15.0 Å². The van der Waals surface area contributed by atoms with E-state index in [2.05, 4.69) is 11.3 Å². The van der Waals surface area contributed by atoms with E-state index >= 15 is 0 Å². The van der Waals surface area contributed by atoms with Gasteiger partial charge in [-0.2, -0.15) is 0 Å². The first-order chi connectivity index (χ1) is 7.74. The molecule has 1 aromatic rings. The van der Waals surface area contributed by atoms with Crippen LogP contribution in [0.15, 0.2) is 29.2 Å². The quantitative estimate of drug-likeness (QED) is 0.841. The Morgan fingerprint density at radius 3 is 2.24 bits per heavy atom. The maximum Gasteiger partial charge on any atom is 0.241 e. The van der Waals surface area contributed by atoms with Crippen LogP contribution in [0, 0.1) is 19.7 Å². The normalized spacial score (nSPS) is 11.5. The van der Waals surface area contributed by atoms with Crippen molar-refractivity contribution in [2.75, 3.05) is 6.54 Å². The van der Waals surface area contributed by atoms with Gasteiger partial charge < -0.3 is 0 Å². The smallest absolute Gasteiger partial charge is 0.207 e. The Morgan fingerprint density at radius 1 is 1.35 bits per heavy atom. The zero-order chi connectivity index (χ0) is 13.2. The number of nitrogens with one attached hydrogen (secondary N) is 1. The Labute approximate surface area is 101 Å². The van der Waals surface area contributed by atoms with Gasteiger partial charge in [-0.15, -0.1) is 0 Å². The average Bonchev–Trinajstić information content (AvgIpc) is 2.12. The van der Waals surface area contributed by atoms with Crippen LogP contribution in [0.25, 0.3) is 0 Å². The summed E-state index contributed by atoms with van der Waals surface area (Å²) in [4.78, 5) is 0.139. The van der Waals surface area contributed by atoms with Crippen LogP contribution < -0.4 is 4.72 Å². The van der Waals surface area contributed by atoms with Crippen molar-refractivity contribution in [2.24, 2.45) is 0 Å². The van der Waals surface area contributed by atoms with Gasteiger partial charge in [0.1, 0.15) is 5.82 Å². The number of hydrogen-bond acceptors (Lipinski definition) is 2. The second-order valence-electron chi connectivity index (χ2n) is 4.15. The van der Waals surface area contributed by atoms with Crippen LogP contribution in [0.2, 0.25) is 0 Å². The molecule has 1 N–H and O–H groups in total. The molecule has 0 heterocycles. The van der Waals surface area contributed by atoms with E-state index in [9.17, 15) is 12.8 Å². The molecule has 0 unspecified atom stereocenters. The first-order valence-electron chi connectivity index (χ1n) is 5.15. The molecule has 17 heavy (non-hydrogen) atoms. The molecule has 5 heteroatoms. The Bertz CT molecular complexity index is 527. The lowest BCUT2D eigenvalue weighted by molar-refractivity contribution is 0.581. The number of aryl methyl sites for hydroxylation is 2. The fraction of sp³-hybridized carbons (Fsp3) is 0.333. The van der Waals surface area contributed by atoms with Gasteiger partial charge in [-0.05, 0) is 44.0 Å². The van der Waals surface area contributed by atoms with E-state index in [1.165, 1.54) is 12.1 Å². The molecule has 0 amide bonds. The molecule has 0 aliphatic carbocycles. The van der Waals surface area contributed by atoms with Gasteiger partial charge in [-0.25, -0.2) is 17.5 Å². The predicted octanol–water partition coefficient (Wildman–Crippen LogP) is 2.30. The van der Waals surface area contributed by atoms with E-state index in [1.807, 2.05) is 0 Å². The SMILES string of the molecule is C=C(C)CNS(=O)(=O)c1c(C)cc(F)cc1C. The number of benzene rings is 1. The van der Waals surface area contributed by atoms with Gasteiger partial charge in [0.2, 0.25) is 10.0 Å². The third kappa shape index (κ3) is 3.38. The van der Waals surface area contributed by atoms with Gasteiger partial charge in [-0.3, -0.25) is 0 Å². The fourth-order valence-corrected chi connectivity index (χ4v) is 3.16. The third-order valence-electron chi connectivity index (χ3n) is 2.26. The molecule has 0 aromatic heterocycles. The van der Waals surface area contributed by atoms with Crippen molar-refractivity contribution in [1.82, 2.24) is 4.72 Å². The molecule has 0 saturated carbocycles. The zero-order valence-electron chi connectivity index (χ0n) is 10.2. The predicted molar refractivity (Wildman–Crippen MR) is 65.9 cm³/mol. The zero-order valence-corrected chi connectivity index (χ0v) is 11.0. The maximum absolute atomic E-state index is 13.1. The molecule has 0 aliphatic rings. The largest absolute Gasteiger partial charge is 0.241 e. The lowest BCUT2D eigenvalue weighted by atomic mass is 10.1. The Morgan fingerprint density at radius 2 is 1.82 bits per heavy atom. The van der Waals surface area contributed by atoms with Crippen molar-refractivity contribution in [1.29, 1.82) is 0 Å². The minimum atomic E-state index is -3.61. The summed E-state index contributed by atoms with van der Waals surface area (Å²) in [5.41, 5.74) is 1.51. The molecule has 0 atom stereocenters. The monoisotopic (exact) mass is 257 g/mol. The van der Waals surface area contributed by atoms with Gasteiger partial charge in [-0.1, -0.05) is 12.2 Å². The van der Waals surface area contributed by atoms with E-state index in [4.69, 9.17) is 0 Å². The van der Waals surface area contributed by atoms with E-state index < -0.39 is 15.8 Å². The highest BCUT2D eigenvalue weighted by Crippen LogP contribution is 2.21. The molecular formula is C12H16FNO2S. The van der Waals surface area contributed by atoms with Crippen molar-refractivity contribution in [3.05, 3.63) is 41.2 Å². The molecular weight excluding hydrogens is 241 g/mol. The van der Waals surface area contributed by atoms with Gasteiger partial charge in [0.05, 0.1) is 4.90 Å². The Hall–Kier alpha value is -1.20. The van der Waals surface area contributed by atoms with Crippen LogP contribution in [0.4, 0.5) is 4.39 Å². The maximum atomic E-state index is 13.1. The molecule has 1 aromatic carbocycles.